The molecule has 1 saturated carbocycles. The number of rotatable bonds is 5. The van der Waals surface area contributed by atoms with E-state index in [2.05, 4.69) is 0 Å². The summed E-state index contributed by atoms with van der Waals surface area (Å²) in [6.45, 7) is 1.32. The summed E-state index contributed by atoms with van der Waals surface area (Å²) in [6.07, 6.45) is 1.79. The van der Waals surface area contributed by atoms with Crippen LogP contribution in [0.3, 0.4) is 0 Å². The number of carboxylic acids is 1. The van der Waals surface area contributed by atoms with Crippen LogP contribution >= 0.6 is 0 Å². The number of amides is 1. The van der Waals surface area contributed by atoms with E-state index in [4.69, 9.17) is 5.11 Å². The largest absolute Gasteiger partial charge is 0.480 e. The van der Waals surface area contributed by atoms with E-state index >= 15 is 0 Å². The molecule has 0 aromatic rings. The maximum absolute atomic E-state index is 12.0. The highest BCUT2D eigenvalue weighted by Gasteiger charge is 2.52. The molecule has 16 heavy (non-hydrogen) atoms. The molecule has 5 nitrogen and oxygen atoms in total. The molecule has 0 atom stereocenters. The molecule has 0 saturated heterocycles. The van der Waals surface area contributed by atoms with E-state index < -0.39 is 11.4 Å². The second-order valence-electron chi connectivity index (χ2n) is 4.77. The van der Waals surface area contributed by atoms with Crippen molar-refractivity contribution in [1.82, 2.24) is 9.80 Å². The van der Waals surface area contributed by atoms with Gasteiger partial charge in [0.15, 0.2) is 0 Å². The molecule has 92 valence electrons. The minimum atomic E-state index is -1.12. The summed E-state index contributed by atoms with van der Waals surface area (Å²) >= 11 is 0. The van der Waals surface area contributed by atoms with E-state index in [1.807, 2.05) is 19.0 Å². The number of hydrogen-bond acceptors (Lipinski definition) is 3. The molecule has 0 heterocycles. The molecule has 1 amide bonds. The van der Waals surface area contributed by atoms with Gasteiger partial charge in [-0.15, -0.1) is 0 Å². The van der Waals surface area contributed by atoms with Gasteiger partial charge < -0.3 is 14.9 Å². The van der Waals surface area contributed by atoms with E-state index in [0.717, 1.165) is 13.0 Å². The van der Waals surface area contributed by atoms with Crippen LogP contribution in [0.25, 0.3) is 0 Å². The van der Waals surface area contributed by atoms with Crippen LogP contribution in [0.4, 0.5) is 0 Å². The van der Waals surface area contributed by atoms with Gasteiger partial charge in [0.1, 0.15) is 5.41 Å². The maximum atomic E-state index is 12.0. The first-order valence-corrected chi connectivity index (χ1v) is 5.54. The van der Waals surface area contributed by atoms with Crippen LogP contribution in [0.1, 0.15) is 19.3 Å². The second kappa shape index (κ2) is 4.82. The van der Waals surface area contributed by atoms with Crippen molar-refractivity contribution in [2.75, 3.05) is 34.2 Å². The molecular weight excluding hydrogens is 208 g/mol. The molecule has 0 aromatic heterocycles. The minimum absolute atomic E-state index is 0.242. The van der Waals surface area contributed by atoms with Gasteiger partial charge in [-0.05, 0) is 26.9 Å². The lowest BCUT2D eigenvalue weighted by Gasteiger charge is -2.39. The van der Waals surface area contributed by atoms with Gasteiger partial charge in [-0.3, -0.25) is 9.59 Å². The highest BCUT2D eigenvalue weighted by Crippen LogP contribution is 2.42. The SMILES string of the molecule is CN(C)CCN(C)C(=O)C1(C(=O)O)CCC1. The van der Waals surface area contributed by atoms with Crippen molar-refractivity contribution in [3.8, 4) is 0 Å². The number of likely N-dealkylation sites (N-methyl/N-ethyl adjacent to an activating group) is 2. The summed E-state index contributed by atoms with van der Waals surface area (Å²) in [5, 5.41) is 9.12. The van der Waals surface area contributed by atoms with Crippen molar-refractivity contribution in [2.45, 2.75) is 19.3 Å². The normalized spacial score (nSPS) is 18.0. The van der Waals surface area contributed by atoms with E-state index in [9.17, 15) is 9.59 Å². The number of carboxylic acid groups (broad SMARTS) is 1. The Morgan fingerprint density at radius 2 is 1.75 bits per heavy atom. The van der Waals surface area contributed by atoms with Crippen molar-refractivity contribution in [1.29, 1.82) is 0 Å². The van der Waals surface area contributed by atoms with Crippen LogP contribution in [-0.4, -0.2) is 61.0 Å². The summed E-state index contributed by atoms with van der Waals surface area (Å²) in [7, 11) is 5.53. The standard InChI is InChI=1S/C11H20N2O3/c1-12(2)7-8-13(3)9(14)11(10(15)16)5-4-6-11/h4-8H2,1-3H3,(H,15,16). The highest BCUT2D eigenvalue weighted by atomic mass is 16.4. The van der Waals surface area contributed by atoms with Gasteiger partial charge in [0, 0.05) is 20.1 Å². The van der Waals surface area contributed by atoms with Crippen molar-refractivity contribution in [3.63, 3.8) is 0 Å². The first-order valence-electron chi connectivity index (χ1n) is 5.54. The van der Waals surface area contributed by atoms with E-state index in [-0.39, 0.29) is 5.91 Å². The predicted octanol–water partition coefficient (Wildman–Crippen LogP) is 0.261. The third kappa shape index (κ3) is 2.35. The van der Waals surface area contributed by atoms with Crippen LogP contribution in [0, 0.1) is 5.41 Å². The molecule has 1 aliphatic carbocycles. The molecule has 0 bridgehead atoms. The maximum Gasteiger partial charge on any atom is 0.319 e. The molecule has 5 heteroatoms. The smallest absolute Gasteiger partial charge is 0.319 e. The lowest BCUT2D eigenvalue weighted by Crippen LogP contribution is -2.52. The molecule has 1 fully saturated rings. The first-order chi connectivity index (χ1) is 7.40. The molecule has 0 unspecified atom stereocenters. The Bertz CT molecular complexity index is 285. The van der Waals surface area contributed by atoms with Gasteiger partial charge >= 0.3 is 5.97 Å². The third-order valence-electron chi connectivity index (χ3n) is 3.26. The molecule has 1 aliphatic rings. The van der Waals surface area contributed by atoms with Crippen molar-refractivity contribution in [2.24, 2.45) is 5.41 Å². The molecule has 0 radical (unpaired) electrons. The Morgan fingerprint density at radius 3 is 2.06 bits per heavy atom. The number of carbonyl (C=O) groups is 2. The average molecular weight is 228 g/mol. The quantitative estimate of drug-likeness (QED) is 0.686. The number of carbonyl (C=O) groups excluding carboxylic acids is 1. The monoisotopic (exact) mass is 228 g/mol. The van der Waals surface area contributed by atoms with Crippen LogP contribution in [0.15, 0.2) is 0 Å². The molecule has 0 aromatic carbocycles. The first kappa shape index (κ1) is 13.0. The van der Waals surface area contributed by atoms with E-state index in [0.29, 0.717) is 19.4 Å². The van der Waals surface area contributed by atoms with E-state index in [1.165, 1.54) is 4.90 Å². The molecule has 0 spiro atoms. The Balaban J connectivity index is 2.58. The Morgan fingerprint density at radius 1 is 1.19 bits per heavy atom. The topological polar surface area (TPSA) is 60.9 Å². The lowest BCUT2D eigenvalue weighted by molar-refractivity contribution is -0.166. The van der Waals surface area contributed by atoms with Gasteiger partial charge in [-0.25, -0.2) is 0 Å². The molecule has 1 N–H and O–H groups in total. The van der Waals surface area contributed by atoms with Gasteiger partial charge in [0.2, 0.25) is 5.91 Å². The van der Waals surface area contributed by atoms with Crippen molar-refractivity contribution >= 4 is 11.9 Å². The van der Waals surface area contributed by atoms with Gasteiger partial charge in [0.05, 0.1) is 0 Å². The molecular formula is C11H20N2O3. The van der Waals surface area contributed by atoms with E-state index in [1.54, 1.807) is 7.05 Å². The Hall–Kier alpha value is -1.10. The Kier molecular flexibility index (Phi) is 3.91. The number of nitrogens with zero attached hydrogens (tertiary/aromatic N) is 2. The predicted molar refractivity (Wildman–Crippen MR) is 60.1 cm³/mol. The van der Waals surface area contributed by atoms with Gasteiger partial charge in [-0.1, -0.05) is 6.42 Å². The fourth-order valence-electron chi connectivity index (χ4n) is 1.87. The van der Waals surface area contributed by atoms with Crippen LogP contribution in [-0.2, 0) is 9.59 Å². The molecule has 0 aliphatic heterocycles. The zero-order valence-corrected chi connectivity index (χ0v) is 10.2. The number of aliphatic carboxylic acids is 1. The van der Waals surface area contributed by atoms with Crippen molar-refractivity contribution < 1.29 is 14.7 Å². The average Bonchev–Trinajstić information content (AvgIpc) is 2.11. The lowest BCUT2D eigenvalue weighted by atomic mass is 9.68. The summed E-state index contributed by atoms with van der Waals surface area (Å²) in [5.41, 5.74) is -1.12. The summed E-state index contributed by atoms with van der Waals surface area (Å²) in [4.78, 5) is 26.7. The summed E-state index contributed by atoms with van der Waals surface area (Å²) in [5.74, 6) is -1.21. The Labute approximate surface area is 96.0 Å². The second-order valence-corrected chi connectivity index (χ2v) is 4.77. The highest BCUT2D eigenvalue weighted by molar-refractivity contribution is 6.02. The zero-order chi connectivity index (χ0) is 12.3. The summed E-state index contributed by atoms with van der Waals surface area (Å²) in [6, 6.07) is 0. The van der Waals surface area contributed by atoms with Crippen LogP contribution < -0.4 is 0 Å². The number of hydrogen-bond donors (Lipinski definition) is 1. The molecule has 1 rings (SSSR count). The zero-order valence-electron chi connectivity index (χ0n) is 10.2. The van der Waals surface area contributed by atoms with Crippen molar-refractivity contribution in [3.05, 3.63) is 0 Å². The third-order valence-corrected chi connectivity index (χ3v) is 3.26. The van der Waals surface area contributed by atoms with Crippen LogP contribution in [0.5, 0.6) is 0 Å². The fourth-order valence-corrected chi connectivity index (χ4v) is 1.87. The fraction of sp³-hybridized carbons (Fsp3) is 0.818. The van der Waals surface area contributed by atoms with Gasteiger partial charge in [-0.2, -0.15) is 0 Å². The minimum Gasteiger partial charge on any atom is -0.480 e. The summed E-state index contributed by atoms with van der Waals surface area (Å²) < 4.78 is 0. The van der Waals surface area contributed by atoms with Gasteiger partial charge in [0.25, 0.3) is 0 Å². The van der Waals surface area contributed by atoms with Crippen LogP contribution in [0.2, 0.25) is 0 Å².